The molecule has 3 heterocycles. The maximum atomic E-state index is 12.8. The second kappa shape index (κ2) is 6.48. The summed E-state index contributed by atoms with van der Waals surface area (Å²) >= 11 is 0. The molecule has 7 nitrogen and oxygen atoms in total. The number of aromatic amines is 1. The second-order valence-corrected chi connectivity index (χ2v) is 6.94. The number of nitrogens with zero attached hydrogens (tertiary/aromatic N) is 3. The molecule has 132 valence electrons. The van der Waals surface area contributed by atoms with E-state index in [1.807, 2.05) is 29.2 Å². The third-order valence-corrected chi connectivity index (χ3v) is 5.52. The molecule has 2 saturated heterocycles. The molecule has 2 aromatic rings. The Morgan fingerprint density at radius 2 is 1.88 bits per heavy atom. The summed E-state index contributed by atoms with van der Waals surface area (Å²) < 4.78 is 0. The molecular weight excluding hydrogens is 318 g/mol. The number of amides is 2. The topological polar surface area (TPSA) is 95.3 Å². The van der Waals surface area contributed by atoms with Gasteiger partial charge >= 0.3 is 0 Å². The number of nitrogens with two attached hydrogens (primary N) is 1. The van der Waals surface area contributed by atoms with Gasteiger partial charge < -0.3 is 10.6 Å². The fourth-order valence-corrected chi connectivity index (χ4v) is 4.21. The first kappa shape index (κ1) is 16.1. The lowest BCUT2D eigenvalue weighted by Gasteiger charge is -2.38. The van der Waals surface area contributed by atoms with Gasteiger partial charge in [-0.05, 0) is 38.3 Å². The van der Waals surface area contributed by atoms with E-state index in [0.29, 0.717) is 24.8 Å². The van der Waals surface area contributed by atoms with Crippen LogP contribution < -0.4 is 5.73 Å². The van der Waals surface area contributed by atoms with Gasteiger partial charge in [0, 0.05) is 24.5 Å². The van der Waals surface area contributed by atoms with Crippen molar-refractivity contribution < 1.29 is 9.59 Å². The standard InChI is InChI=1S/C18H23N5O2/c19-17(24)15-6-3-9-23(15)12-7-10-22(11-8-12)18(25)16-13-4-1-2-5-14(13)20-21-16/h1-2,4-5,12,15H,3,6-11H2,(H2,19,24)(H,20,21)/t15-/m0/s1. The van der Waals surface area contributed by atoms with E-state index in [1.165, 1.54) is 0 Å². The number of para-hydroxylation sites is 1. The maximum Gasteiger partial charge on any atom is 0.274 e. The van der Waals surface area contributed by atoms with Crippen LogP contribution in [-0.4, -0.2) is 63.5 Å². The summed E-state index contributed by atoms with van der Waals surface area (Å²) in [4.78, 5) is 28.6. The minimum atomic E-state index is -0.223. The number of primary amides is 1. The van der Waals surface area contributed by atoms with E-state index in [2.05, 4.69) is 15.1 Å². The summed E-state index contributed by atoms with van der Waals surface area (Å²) in [6.07, 6.45) is 3.62. The first-order valence-corrected chi connectivity index (χ1v) is 8.92. The van der Waals surface area contributed by atoms with E-state index in [-0.39, 0.29) is 17.9 Å². The van der Waals surface area contributed by atoms with Crippen molar-refractivity contribution in [2.75, 3.05) is 19.6 Å². The molecule has 2 aliphatic heterocycles. The Morgan fingerprint density at radius 3 is 2.64 bits per heavy atom. The lowest BCUT2D eigenvalue weighted by Crippen LogP contribution is -2.51. The Bertz CT molecular complexity index is 794. The van der Waals surface area contributed by atoms with Crippen molar-refractivity contribution >= 4 is 22.7 Å². The van der Waals surface area contributed by atoms with E-state index >= 15 is 0 Å². The molecule has 1 atom stereocenters. The van der Waals surface area contributed by atoms with E-state index in [4.69, 9.17) is 5.73 Å². The summed E-state index contributed by atoms with van der Waals surface area (Å²) in [5, 5.41) is 8.00. The number of likely N-dealkylation sites (tertiary alicyclic amines) is 2. The monoisotopic (exact) mass is 341 g/mol. The number of fused-ring (bicyclic) bond motifs is 1. The van der Waals surface area contributed by atoms with Crippen LogP contribution >= 0.6 is 0 Å². The van der Waals surface area contributed by atoms with E-state index < -0.39 is 0 Å². The third-order valence-electron chi connectivity index (χ3n) is 5.52. The smallest absolute Gasteiger partial charge is 0.274 e. The van der Waals surface area contributed by atoms with E-state index in [9.17, 15) is 9.59 Å². The molecule has 0 spiro atoms. The quantitative estimate of drug-likeness (QED) is 0.874. The SMILES string of the molecule is NC(=O)[C@@H]1CCCN1C1CCN(C(=O)c2n[nH]c3ccccc23)CC1. The molecule has 2 aliphatic rings. The maximum absolute atomic E-state index is 12.8. The van der Waals surface area contributed by atoms with Crippen LogP contribution in [0.15, 0.2) is 24.3 Å². The molecule has 1 aromatic carbocycles. The fourth-order valence-electron chi connectivity index (χ4n) is 4.21. The Balaban J connectivity index is 1.43. The second-order valence-electron chi connectivity index (χ2n) is 6.94. The number of hydrogen-bond acceptors (Lipinski definition) is 4. The van der Waals surface area contributed by atoms with Crippen LogP contribution in [0.3, 0.4) is 0 Å². The predicted molar refractivity (Wildman–Crippen MR) is 93.9 cm³/mol. The van der Waals surface area contributed by atoms with Crippen LogP contribution in [0.2, 0.25) is 0 Å². The molecule has 0 radical (unpaired) electrons. The van der Waals surface area contributed by atoms with Gasteiger partial charge in [0.25, 0.3) is 5.91 Å². The lowest BCUT2D eigenvalue weighted by atomic mass is 10.0. The normalized spacial score (nSPS) is 22.6. The molecule has 2 amide bonds. The minimum absolute atomic E-state index is 0.0243. The zero-order valence-electron chi connectivity index (χ0n) is 14.1. The number of piperidine rings is 1. The van der Waals surface area contributed by atoms with Crippen molar-refractivity contribution in [1.82, 2.24) is 20.0 Å². The van der Waals surface area contributed by atoms with Crippen molar-refractivity contribution in [1.29, 1.82) is 0 Å². The summed E-state index contributed by atoms with van der Waals surface area (Å²) in [6.45, 7) is 2.30. The number of aromatic nitrogens is 2. The molecule has 0 bridgehead atoms. The molecular formula is C18H23N5O2. The molecule has 7 heteroatoms. The Kier molecular flexibility index (Phi) is 4.17. The van der Waals surface area contributed by atoms with Crippen molar-refractivity contribution in [3.63, 3.8) is 0 Å². The van der Waals surface area contributed by atoms with Gasteiger partial charge in [-0.25, -0.2) is 0 Å². The molecule has 4 rings (SSSR count). The van der Waals surface area contributed by atoms with Gasteiger partial charge in [-0.15, -0.1) is 0 Å². The third kappa shape index (κ3) is 2.89. The van der Waals surface area contributed by atoms with Crippen molar-refractivity contribution in [2.45, 2.75) is 37.8 Å². The van der Waals surface area contributed by atoms with E-state index in [0.717, 1.165) is 43.1 Å². The zero-order valence-corrected chi connectivity index (χ0v) is 14.1. The molecule has 3 N–H and O–H groups in total. The fraction of sp³-hybridized carbons (Fsp3) is 0.500. The van der Waals surface area contributed by atoms with Gasteiger partial charge in [-0.3, -0.25) is 19.6 Å². The number of carbonyl (C=O) groups excluding carboxylic acids is 2. The lowest BCUT2D eigenvalue weighted by molar-refractivity contribution is -0.123. The number of hydrogen-bond donors (Lipinski definition) is 2. The molecule has 0 aliphatic carbocycles. The highest BCUT2D eigenvalue weighted by atomic mass is 16.2. The summed E-state index contributed by atoms with van der Waals surface area (Å²) in [7, 11) is 0. The predicted octanol–water partition coefficient (Wildman–Crippen LogP) is 1.12. The molecule has 25 heavy (non-hydrogen) atoms. The first-order chi connectivity index (χ1) is 12.1. The number of carbonyl (C=O) groups is 2. The van der Waals surface area contributed by atoms with Crippen LogP contribution in [0.25, 0.3) is 10.9 Å². The first-order valence-electron chi connectivity index (χ1n) is 8.92. The van der Waals surface area contributed by atoms with Crippen LogP contribution in [0.4, 0.5) is 0 Å². The van der Waals surface area contributed by atoms with Gasteiger partial charge in [-0.2, -0.15) is 5.10 Å². The van der Waals surface area contributed by atoms with Crippen LogP contribution in [-0.2, 0) is 4.79 Å². The highest BCUT2D eigenvalue weighted by Gasteiger charge is 2.36. The summed E-state index contributed by atoms with van der Waals surface area (Å²) in [5.74, 6) is -0.247. The minimum Gasteiger partial charge on any atom is -0.368 e. The van der Waals surface area contributed by atoms with Gasteiger partial charge in [0.2, 0.25) is 5.91 Å². The molecule has 0 saturated carbocycles. The average Bonchev–Trinajstić information content (AvgIpc) is 3.28. The average molecular weight is 341 g/mol. The largest absolute Gasteiger partial charge is 0.368 e. The van der Waals surface area contributed by atoms with Crippen molar-refractivity contribution in [3.05, 3.63) is 30.0 Å². The molecule has 1 aromatic heterocycles. The van der Waals surface area contributed by atoms with Crippen LogP contribution in [0.1, 0.15) is 36.2 Å². The van der Waals surface area contributed by atoms with Gasteiger partial charge in [0.1, 0.15) is 0 Å². The van der Waals surface area contributed by atoms with Crippen molar-refractivity contribution in [2.24, 2.45) is 5.73 Å². The van der Waals surface area contributed by atoms with E-state index in [1.54, 1.807) is 0 Å². The van der Waals surface area contributed by atoms with Gasteiger partial charge in [0.05, 0.1) is 11.6 Å². The number of rotatable bonds is 3. The zero-order chi connectivity index (χ0) is 17.4. The highest BCUT2D eigenvalue weighted by molar-refractivity contribution is 6.04. The van der Waals surface area contributed by atoms with Crippen molar-refractivity contribution in [3.8, 4) is 0 Å². The highest BCUT2D eigenvalue weighted by Crippen LogP contribution is 2.27. The summed E-state index contributed by atoms with van der Waals surface area (Å²) in [6, 6.07) is 7.87. The number of H-pyrrole nitrogens is 1. The number of benzene rings is 1. The van der Waals surface area contributed by atoms with Crippen LogP contribution in [0.5, 0.6) is 0 Å². The Morgan fingerprint density at radius 1 is 1.12 bits per heavy atom. The molecule has 0 unspecified atom stereocenters. The van der Waals surface area contributed by atoms with Crippen LogP contribution in [0, 0.1) is 0 Å². The van der Waals surface area contributed by atoms with Gasteiger partial charge in [0.15, 0.2) is 5.69 Å². The number of nitrogens with one attached hydrogen (secondary N) is 1. The Hall–Kier alpha value is -2.41. The summed E-state index contributed by atoms with van der Waals surface area (Å²) in [5.41, 5.74) is 6.90. The molecule has 2 fully saturated rings. The Labute approximate surface area is 146 Å². The van der Waals surface area contributed by atoms with Gasteiger partial charge in [-0.1, -0.05) is 18.2 Å².